The van der Waals surface area contributed by atoms with Crippen LogP contribution in [-0.2, 0) is 0 Å². The lowest BCUT2D eigenvalue weighted by Gasteiger charge is -2.30. The summed E-state index contributed by atoms with van der Waals surface area (Å²) in [5.74, 6) is 5.29. The minimum atomic E-state index is -0.410. The fourth-order valence-corrected chi connectivity index (χ4v) is 2.16. The van der Waals surface area contributed by atoms with Gasteiger partial charge in [0.1, 0.15) is 6.61 Å². The Kier molecular flexibility index (Phi) is 4.56. The number of aliphatic hydroxyl groups is 2. The van der Waals surface area contributed by atoms with Crippen LogP contribution in [-0.4, -0.2) is 46.8 Å². The van der Waals surface area contributed by atoms with Crippen LogP contribution in [0.1, 0.15) is 28.8 Å². The summed E-state index contributed by atoms with van der Waals surface area (Å²) in [4.78, 5) is 13.9. The third-order valence-corrected chi connectivity index (χ3v) is 3.13. The molecule has 1 heterocycles. The summed E-state index contributed by atoms with van der Waals surface area (Å²) in [5.41, 5.74) is 1.37. The molecule has 1 aromatic carbocycles. The van der Waals surface area contributed by atoms with E-state index in [4.69, 9.17) is 5.11 Å². The van der Waals surface area contributed by atoms with Crippen LogP contribution in [0, 0.1) is 11.8 Å². The summed E-state index contributed by atoms with van der Waals surface area (Å²) < 4.78 is 0. The van der Waals surface area contributed by atoms with Gasteiger partial charge in [0.2, 0.25) is 0 Å². The summed E-state index contributed by atoms with van der Waals surface area (Å²) in [7, 11) is 0. The maximum absolute atomic E-state index is 12.2. The van der Waals surface area contributed by atoms with Crippen molar-refractivity contribution in [3.8, 4) is 11.8 Å². The molecule has 2 N–H and O–H groups in total. The number of amides is 1. The van der Waals surface area contributed by atoms with Crippen LogP contribution in [0.25, 0.3) is 0 Å². The third kappa shape index (κ3) is 3.57. The fraction of sp³-hybridized carbons (Fsp3) is 0.400. The molecule has 2 rings (SSSR count). The van der Waals surface area contributed by atoms with E-state index in [9.17, 15) is 9.90 Å². The predicted octanol–water partition coefficient (Wildman–Crippen LogP) is 0.627. The predicted molar refractivity (Wildman–Crippen MR) is 71.6 cm³/mol. The molecule has 19 heavy (non-hydrogen) atoms. The normalized spacial score (nSPS) is 18.6. The second kappa shape index (κ2) is 6.37. The van der Waals surface area contributed by atoms with E-state index in [0.29, 0.717) is 18.7 Å². The van der Waals surface area contributed by atoms with Crippen molar-refractivity contribution in [1.82, 2.24) is 4.90 Å². The van der Waals surface area contributed by atoms with Gasteiger partial charge in [-0.05, 0) is 37.1 Å². The van der Waals surface area contributed by atoms with E-state index >= 15 is 0 Å². The lowest BCUT2D eigenvalue weighted by Crippen LogP contribution is -2.42. The molecule has 1 aliphatic heterocycles. The molecule has 1 atom stereocenters. The van der Waals surface area contributed by atoms with Gasteiger partial charge in [0.15, 0.2) is 0 Å². The Morgan fingerprint density at radius 2 is 2.11 bits per heavy atom. The van der Waals surface area contributed by atoms with Crippen molar-refractivity contribution >= 4 is 5.91 Å². The van der Waals surface area contributed by atoms with E-state index in [2.05, 4.69) is 11.8 Å². The molecular weight excluding hydrogens is 242 g/mol. The monoisotopic (exact) mass is 259 g/mol. The van der Waals surface area contributed by atoms with Crippen LogP contribution < -0.4 is 0 Å². The highest BCUT2D eigenvalue weighted by Gasteiger charge is 2.22. The van der Waals surface area contributed by atoms with E-state index in [0.717, 1.165) is 18.4 Å². The van der Waals surface area contributed by atoms with E-state index in [1.807, 2.05) is 0 Å². The Labute approximate surface area is 112 Å². The van der Waals surface area contributed by atoms with Crippen molar-refractivity contribution in [3.63, 3.8) is 0 Å². The average Bonchev–Trinajstić information content (AvgIpc) is 2.45. The molecule has 0 spiro atoms. The molecule has 0 aromatic heterocycles. The molecule has 0 bridgehead atoms. The molecule has 4 nitrogen and oxygen atoms in total. The maximum atomic E-state index is 12.2. The van der Waals surface area contributed by atoms with Crippen LogP contribution in [0.3, 0.4) is 0 Å². The van der Waals surface area contributed by atoms with Crippen molar-refractivity contribution < 1.29 is 15.0 Å². The molecule has 1 aromatic rings. The molecule has 1 aliphatic rings. The standard InChI is InChI=1S/C15H17NO3/c17-10-2-3-12-5-7-13(8-6-12)15(19)16-9-1-4-14(18)11-16/h5-8,14,17-18H,1,4,9-11H2. The van der Waals surface area contributed by atoms with Crippen LogP contribution >= 0.6 is 0 Å². The largest absolute Gasteiger partial charge is 0.391 e. The topological polar surface area (TPSA) is 60.8 Å². The first-order valence-corrected chi connectivity index (χ1v) is 6.38. The van der Waals surface area contributed by atoms with E-state index in [1.54, 1.807) is 29.2 Å². The average molecular weight is 259 g/mol. The molecule has 0 saturated carbocycles. The van der Waals surface area contributed by atoms with Gasteiger partial charge in [0.05, 0.1) is 6.10 Å². The molecule has 4 heteroatoms. The van der Waals surface area contributed by atoms with Gasteiger partial charge < -0.3 is 15.1 Å². The number of likely N-dealkylation sites (tertiary alicyclic amines) is 1. The Balaban J connectivity index is 2.07. The molecule has 1 fully saturated rings. The van der Waals surface area contributed by atoms with Crippen LogP contribution in [0.4, 0.5) is 0 Å². The van der Waals surface area contributed by atoms with Crippen molar-refractivity contribution in [1.29, 1.82) is 0 Å². The second-order valence-corrected chi connectivity index (χ2v) is 4.58. The zero-order chi connectivity index (χ0) is 13.7. The van der Waals surface area contributed by atoms with Gasteiger partial charge in [-0.1, -0.05) is 11.8 Å². The van der Waals surface area contributed by atoms with Crippen molar-refractivity contribution in [2.24, 2.45) is 0 Å². The highest BCUT2D eigenvalue weighted by Crippen LogP contribution is 2.14. The smallest absolute Gasteiger partial charge is 0.253 e. The third-order valence-electron chi connectivity index (χ3n) is 3.13. The van der Waals surface area contributed by atoms with Gasteiger partial charge in [-0.3, -0.25) is 4.79 Å². The Hall–Kier alpha value is -1.83. The highest BCUT2D eigenvalue weighted by atomic mass is 16.3. The Morgan fingerprint density at radius 1 is 1.37 bits per heavy atom. The molecule has 1 unspecified atom stereocenters. The molecular formula is C15H17NO3. The van der Waals surface area contributed by atoms with E-state index in [1.165, 1.54) is 0 Å². The summed E-state index contributed by atoms with van der Waals surface area (Å²) in [6.45, 7) is 0.930. The molecule has 100 valence electrons. The number of rotatable bonds is 1. The molecule has 0 aliphatic carbocycles. The van der Waals surface area contributed by atoms with Gasteiger partial charge in [-0.25, -0.2) is 0 Å². The lowest BCUT2D eigenvalue weighted by atomic mass is 10.1. The molecule has 1 saturated heterocycles. The molecule has 1 amide bonds. The summed E-state index contributed by atoms with van der Waals surface area (Å²) >= 11 is 0. The van der Waals surface area contributed by atoms with Gasteiger partial charge in [0.25, 0.3) is 5.91 Å². The number of piperidine rings is 1. The van der Waals surface area contributed by atoms with Crippen molar-refractivity contribution in [2.75, 3.05) is 19.7 Å². The first kappa shape index (κ1) is 13.6. The zero-order valence-electron chi connectivity index (χ0n) is 10.7. The zero-order valence-corrected chi connectivity index (χ0v) is 10.7. The maximum Gasteiger partial charge on any atom is 0.253 e. The summed E-state index contributed by atoms with van der Waals surface area (Å²) in [5, 5.41) is 18.2. The highest BCUT2D eigenvalue weighted by molar-refractivity contribution is 5.94. The fourth-order valence-electron chi connectivity index (χ4n) is 2.16. The number of hydrogen-bond donors (Lipinski definition) is 2. The first-order chi connectivity index (χ1) is 9.20. The number of carbonyl (C=O) groups is 1. The number of carbonyl (C=O) groups excluding carboxylic acids is 1. The Bertz CT molecular complexity index is 498. The van der Waals surface area contributed by atoms with Crippen LogP contribution in [0.2, 0.25) is 0 Å². The second-order valence-electron chi connectivity index (χ2n) is 4.58. The minimum Gasteiger partial charge on any atom is -0.391 e. The van der Waals surface area contributed by atoms with Gasteiger partial charge >= 0.3 is 0 Å². The number of nitrogens with zero attached hydrogens (tertiary/aromatic N) is 1. The molecule has 0 radical (unpaired) electrons. The summed E-state index contributed by atoms with van der Waals surface area (Å²) in [6.07, 6.45) is 1.19. The lowest BCUT2D eigenvalue weighted by molar-refractivity contribution is 0.0474. The number of β-amino-alcohol motifs (C(OH)–C–C–N with tert-alkyl or cyclic N) is 1. The van der Waals surface area contributed by atoms with Crippen LogP contribution in [0.5, 0.6) is 0 Å². The van der Waals surface area contributed by atoms with E-state index < -0.39 is 6.10 Å². The Morgan fingerprint density at radius 3 is 2.74 bits per heavy atom. The number of benzene rings is 1. The quantitative estimate of drug-likeness (QED) is 0.727. The summed E-state index contributed by atoms with van der Waals surface area (Å²) in [6, 6.07) is 6.97. The van der Waals surface area contributed by atoms with Gasteiger partial charge in [-0.2, -0.15) is 0 Å². The number of hydrogen-bond acceptors (Lipinski definition) is 3. The van der Waals surface area contributed by atoms with Crippen molar-refractivity contribution in [2.45, 2.75) is 18.9 Å². The first-order valence-electron chi connectivity index (χ1n) is 6.38. The van der Waals surface area contributed by atoms with Gasteiger partial charge in [0, 0.05) is 24.2 Å². The van der Waals surface area contributed by atoms with E-state index in [-0.39, 0.29) is 12.5 Å². The van der Waals surface area contributed by atoms with Crippen LogP contribution in [0.15, 0.2) is 24.3 Å². The SMILES string of the molecule is O=C(c1ccc(C#CCO)cc1)N1CCCC(O)C1. The van der Waals surface area contributed by atoms with Crippen molar-refractivity contribution in [3.05, 3.63) is 35.4 Å². The van der Waals surface area contributed by atoms with Gasteiger partial charge in [-0.15, -0.1) is 0 Å². The number of aliphatic hydroxyl groups excluding tert-OH is 2. The minimum absolute atomic E-state index is 0.0552.